The Bertz CT molecular complexity index is 11000. The molecule has 0 aliphatic rings. The van der Waals surface area contributed by atoms with Crippen LogP contribution in [-0.2, 0) is 0 Å². The Kier molecular flexibility index (Phi) is 17.9. The van der Waals surface area contributed by atoms with Crippen LogP contribution < -0.4 is 0 Å². The van der Waals surface area contributed by atoms with Gasteiger partial charge >= 0.3 is 0 Å². The van der Waals surface area contributed by atoms with E-state index in [9.17, 15) is 0 Å². The molecule has 0 radical (unpaired) electrons. The zero-order valence-electron chi connectivity index (χ0n) is 79.3. The van der Waals surface area contributed by atoms with Gasteiger partial charge in [-0.2, -0.15) is 0 Å². The van der Waals surface area contributed by atoms with Gasteiger partial charge in [0.05, 0.1) is 82.8 Å². The summed E-state index contributed by atoms with van der Waals surface area (Å²) in [5, 5.41) is 28.3. The minimum absolute atomic E-state index is 1.15. The van der Waals surface area contributed by atoms with Gasteiger partial charge in [0.1, 0.15) is 0 Å². The summed E-state index contributed by atoms with van der Waals surface area (Å²) in [6.07, 6.45) is 0. The molecule has 9 aromatic heterocycles. The van der Waals surface area contributed by atoms with Gasteiger partial charge in [-0.15, -0.1) is 0 Å². The molecular formula is C140H86N6. The summed E-state index contributed by atoms with van der Waals surface area (Å²) >= 11 is 0. The van der Waals surface area contributed by atoms with Crippen molar-refractivity contribution in [3.05, 3.63) is 522 Å². The highest BCUT2D eigenvalue weighted by Gasteiger charge is 2.31. The maximum absolute atomic E-state index is 2.56. The standard InChI is InChI=1S/C48H30N2.2C46H28N2/c1-3-15-31(16-4-1)35-21-7-8-22-36(35)33-19-13-20-34(29-33)49-44-28-14-25-39-37-23-9-11-26-42(37)50-43-27-12-10-24-38(43)41-30-40(32-17-5-2-6-18-32)47(49)46(45(39)44)48(41)50;1-2-12-29(13-3-1)33-17-6-7-18-34(33)31-15-10-16-32(28-31)47-40-23-11-21-37-36-20-8-9-22-39(36)48-41-26-24-30-14-4-5-19-35(30)43(41)38-25-27-42(47)45(44(37)40)46(38)48;1-2-12-29(13-3-1)33-17-6-7-18-34(33)31-15-10-16-32(28-31)47-41-23-11-21-37-36-20-8-9-22-40(36)48-45-35-19-5-4-14-30(35)24-25-38(45)39-26-27-42(47)44(43(37)41)46(39)48/h1-30H;2*1-28H. The highest BCUT2D eigenvalue weighted by atomic mass is 15.0. The van der Waals surface area contributed by atoms with E-state index in [4.69, 9.17) is 0 Å². The molecule has 6 nitrogen and oxygen atoms in total. The second-order valence-electron chi connectivity index (χ2n) is 39.1. The molecule has 676 valence electrons. The van der Waals surface area contributed by atoms with Crippen LogP contribution in [0.3, 0.4) is 0 Å². The van der Waals surface area contributed by atoms with Crippen molar-refractivity contribution >= 4 is 201 Å². The van der Waals surface area contributed by atoms with Crippen molar-refractivity contribution in [1.29, 1.82) is 0 Å². The third kappa shape index (κ3) is 11.9. The zero-order chi connectivity index (χ0) is 95.5. The maximum atomic E-state index is 2.56. The first-order valence-electron chi connectivity index (χ1n) is 50.5. The maximum Gasteiger partial charge on any atom is 0.0642 e. The molecule has 0 bridgehead atoms. The van der Waals surface area contributed by atoms with Crippen molar-refractivity contribution in [3.63, 3.8) is 0 Å². The van der Waals surface area contributed by atoms with E-state index in [-0.39, 0.29) is 0 Å². The van der Waals surface area contributed by atoms with Gasteiger partial charge in [0.25, 0.3) is 0 Å². The van der Waals surface area contributed by atoms with Crippen molar-refractivity contribution < 1.29 is 0 Å². The van der Waals surface area contributed by atoms with E-state index >= 15 is 0 Å². The van der Waals surface area contributed by atoms with E-state index in [0.29, 0.717) is 0 Å². The van der Waals surface area contributed by atoms with Crippen LogP contribution in [0.4, 0.5) is 0 Å². The SMILES string of the molecule is c1ccc(-c2ccccc2-c2cccc(-n3c4cccc5c6ccccc6n6c7c8ccccc8ccc7c7ccc3c(c54)c76)c2)cc1.c1ccc(-c2ccccc2-c2cccc(-n3c4cccc5c6ccccc6n6c7ccc8ccccc8c7c7ccc3c(c54)c76)c2)cc1.c1ccc(-c2ccccc2-c2cccc(-n3c4cccc5c6ccccc6n6c7ccccc7c7cc(-c8ccccc8)c3c(c54)c76)c2)cc1. The predicted molar refractivity (Wildman–Crippen MR) is 619 cm³/mol. The Hall–Kier alpha value is -19.4. The Morgan fingerprint density at radius 2 is 0.390 bits per heavy atom. The van der Waals surface area contributed by atoms with Gasteiger partial charge in [-0.25, -0.2) is 0 Å². The van der Waals surface area contributed by atoms with Crippen LogP contribution in [0.25, 0.3) is 296 Å². The van der Waals surface area contributed by atoms with Crippen LogP contribution in [-0.4, -0.2) is 26.9 Å². The Balaban J connectivity index is 0.0000000995. The average molecular weight is 1850 g/mol. The third-order valence-electron chi connectivity index (χ3n) is 31.5. The zero-order valence-corrected chi connectivity index (χ0v) is 79.3. The van der Waals surface area contributed by atoms with Crippen molar-refractivity contribution in [2.75, 3.05) is 0 Å². The summed E-state index contributed by atoms with van der Waals surface area (Å²) < 4.78 is 15.1. The molecule has 146 heavy (non-hydrogen) atoms. The lowest BCUT2D eigenvalue weighted by Gasteiger charge is -2.15. The smallest absolute Gasteiger partial charge is 0.0642 e. The minimum Gasteiger partial charge on any atom is -0.309 e. The molecule has 0 saturated heterocycles. The third-order valence-corrected chi connectivity index (χ3v) is 31.5. The highest BCUT2D eigenvalue weighted by molar-refractivity contribution is 6.39. The first-order chi connectivity index (χ1) is 72.5. The molecule has 0 aliphatic heterocycles. The van der Waals surface area contributed by atoms with Gasteiger partial charge < -0.3 is 26.9 Å². The molecule has 9 heterocycles. The first-order valence-corrected chi connectivity index (χ1v) is 50.5. The van der Waals surface area contributed by atoms with Crippen molar-refractivity contribution in [1.82, 2.24) is 26.9 Å². The van der Waals surface area contributed by atoms with Gasteiger partial charge in [-0.1, -0.05) is 419 Å². The Labute approximate surface area is 838 Å². The topological polar surface area (TPSA) is 28.0 Å². The molecule has 0 amide bonds. The Morgan fingerprint density at radius 3 is 0.856 bits per heavy atom. The first kappa shape index (κ1) is 81.4. The number of benzene rings is 24. The van der Waals surface area contributed by atoms with Gasteiger partial charge in [-0.3, -0.25) is 0 Å². The molecule has 0 N–H and O–H groups in total. The van der Waals surface area contributed by atoms with Crippen LogP contribution in [0, 0.1) is 0 Å². The summed E-state index contributed by atoms with van der Waals surface area (Å²) in [5.74, 6) is 0. The molecule has 0 atom stereocenters. The number of para-hydroxylation sites is 4. The largest absolute Gasteiger partial charge is 0.309 e. The lowest BCUT2D eigenvalue weighted by molar-refractivity contribution is 1.18. The summed E-state index contributed by atoms with van der Waals surface area (Å²) in [7, 11) is 0. The molecule has 0 saturated carbocycles. The number of hydrogen-bond donors (Lipinski definition) is 0. The molecule has 0 spiro atoms. The van der Waals surface area contributed by atoms with Crippen LogP contribution in [0.5, 0.6) is 0 Å². The fourth-order valence-electron chi connectivity index (χ4n) is 25.5. The number of rotatable bonds is 10. The second kappa shape index (κ2) is 32.1. The molecule has 6 heteroatoms. The van der Waals surface area contributed by atoms with E-state index in [1.165, 1.54) is 279 Å². The molecule has 0 aliphatic carbocycles. The molecule has 33 rings (SSSR count). The van der Waals surface area contributed by atoms with Gasteiger partial charge in [-0.05, 0) is 208 Å². The highest BCUT2D eigenvalue weighted by Crippen LogP contribution is 2.54. The van der Waals surface area contributed by atoms with E-state index in [2.05, 4.69) is 549 Å². The minimum atomic E-state index is 1.15. The number of aromatic nitrogens is 6. The Morgan fingerprint density at radius 1 is 0.110 bits per heavy atom. The second-order valence-corrected chi connectivity index (χ2v) is 39.1. The van der Waals surface area contributed by atoms with Crippen molar-refractivity contribution in [2.24, 2.45) is 0 Å². The average Bonchev–Trinajstić information content (AvgIpc) is 1.53. The monoisotopic (exact) mass is 1850 g/mol. The van der Waals surface area contributed by atoms with Crippen LogP contribution in [0.2, 0.25) is 0 Å². The lowest BCUT2D eigenvalue weighted by Crippen LogP contribution is -1.97. The van der Waals surface area contributed by atoms with Crippen LogP contribution in [0.15, 0.2) is 522 Å². The molecule has 24 aromatic carbocycles. The quantitative estimate of drug-likeness (QED) is 0.131. The molecule has 33 aromatic rings. The molecule has 0 unspecified atom stereocenters. The number of fused-ring (bicyclic) bond motifs is 22. The molecular weight excluding hydrogens is 1770 g/mol. The summed E-state index contributed by atoms with van der Waals surface area (Å²) in [4.78, 5) is 0. The normalized spacial score (nSPS) is 12.1. The number of nitrogens with zero attached hydrogens (tertiary/aromatic N) is 6. The number of hydrogen-bond acceptors (Lipinski definition) is 0. The molecule has 0 fully saturated rings. The van der Waals surface area contributed by atoms with Gasteiger partial charge in [0.2, 0.25) is 0 Å². The van der Waals surface area contributed by atoms with E-state index in [1.807, 2.05) is 0 Å². The predicted octanol–water partition coefficient (Wildman–Crippen LogP) is 37.8. The van der Waals surface area contributed by atoms with E-state index in [1.54, 1.807) is 0 Å². The van der Waals surface area contributed by atoms with Crippen LogP contribution in [0.1, 0.15) is 0 Å². The van der Waals surface area contributed by atoms with E-state index < -0.39 is 0 Å². The van der Waals surface area contributed by atoms with Gasteiger partial charge in [0, 0.05) is 109 Å². The fraction of sp³-hybridized carbons (Fsp3) is 0. The fourth-order valence-corrected chi connectivity index (χ4v) is 25.5. The van der Waals surface area contributed by atoms with Crippen molar-refractivity contribution in [3.8, 4) is 95.0 Å². The van der Waals surface area contributed by atoms with E-state index in [0.717, 1.165) is 17.1 Å². The lowest BCUT2D eigenvalue weighted by atomic mass is 9.94. The summed E-state index contributed by atoms with van der Waals surface area (Å²) in [6.45, 7) is 0. The van der Waals surface area contributed by atoms with Crippen LogP contribution >= 0.6 is 0 Å². The summed E-state index contributed by atoms with van der Waals surface area (Å²) in [5.41, 5.74) is 39.2. The summed E-state index contributed by atoms with van der Waals surface area (Å²) in [6, 6.07) is 191. The van der Waals surface area contributed by atoms with Gasteiger partial charge in [0.15, 0.2) is 0 Å². The van der Waals surface area contributed by atoms with Crippen molar-refractivity contribution in [2.45, 2.75) is 0 Å².